The summed E-state index contributed by atoms with van der Waals surface area (Å²) < 4.78 is 27.6. The molecule has 0 bridgehead atoms. The number of carbonyl (C=O) groups is 1. The van der Waals surface area contributed by atoms with E-state index in [-0.39, 0.29) is 17.6 Å². The van der Waals surface area contributed by atoms with Crippen LogP contribution < -0.4 is 0 Å². The van der Waals surface area contributed by atoms with Gasteiger partial charge in [-0.2, -0.15) is 0 Å². The van der Waals surface area contributed by atoms with Crippen LogP contribution in [0.4, 0.5) is 4.39 Å². The van der Waals surface area contributed by atoms with Crippen molar-refractivity contribution in [2.45, 2.75) is 24.7 Å². The van der Waals surface area contributed by atoms with Crippen LogP contribution in [0.15, 0.2) is 55.0 Å². The zero-order chi connectivity index (χ0) is 22.0. The maximum absolute atomic E-state index is 14.1. The number of benzene rings is 1. The molecular formula is C25H28FN3O3. The zero-order valence-electron chi connectivity index (χ0n) is 18.1. The van der Waals surface area contributed by atoms with Crippen molar-refractivity contribution in [1.29, 1.82) is 0 Å². The molecule has 0 N–H and O–H groups in total. The Balaban J connectivity index is 1.40. The van der Waals surface area contributed by atoms with Crippen LogP contribution in [0.25, 0.3) is 5.52 Å². The van der Waals surface area contributed by atoms with Crippen molar-refractivity contribution >= 4 is 11.4 Å². The molecule has 32 heavy (non-hydrogen) atoms. The molecule has 2 saturated heterocycles. The first-order valence-electron chi connectivity index (χ1n) is 11.3. The van der Waals surface area contributed by atoms with Crippen LogP contribution in [0.1, 0.15) is 24.1 Å². The van der Waals surface area contributed by atoms with Crippen LogP contribution >= 0.6 is 0 Å². The number of amides is 1. The third-order valence-corrected chi connectivity index (χ3v) is 6.77. The molecule has 0 aliphatic carbocycles. The third kappa shape index (κ3) is 4.02. The molecule has 0 unspecified atom stereocenters. The summed E-state index contributed by atoms with van der Waals surface area (Å²) in [6.07, 6.45) is 7.60. The van der Waals surface area contributed by atoms with Gasteiger partial charge >= 0.3 is 0 Å². The minimum atomic E-state index is -0.755. The van der Waals surface area contributed by atoms with Crippen LogP contribution in [-0.2, 0) is 26.1 Å². The molecule has 4 heterocycles. The fourth-order valence-electron chi connectivity index (χ4n) is 5.08. The normalized spacial score (nSPS) is 21.4. The Hall–Kier alpha value is -2.77. The van der Waals surface area contributed by atoms with Gasteiger partial charge in [0.1, 0.15) is 5.82 Å². The third-order valence-electron chi connectivity index (χ3n) is 6.77. The summed E-state index contributed by atoms with van der Waals surface area (Å²) in [6.45, 7) is 3.21. The number of rotatable bonds is 4. The maximum Gasteiger partial charge on any atom is 0.233 e. The summed E-state index contributed by atoms with van der Waals surface area (Å²) in [5, 5.41) is 0. The fourth-order valence-corrected chi connectivity index (χ4v) is 5.08. The lowest BCUT2D eigenvalue weighted by Gasteiger charge is -2.40. The molecule has 2 fully saturated rings. The SMILES string of the molecule is O=C(N1CCOC[C@@H](Cc2nccn3cccc23)C1)C1(c2cccc(F)c2)CCOCC1. The highest BCUT2D eigenvalue weighted by Gasteiger charge is 2.44. The van der Waals surface area contributed by atoms with Crippen LogP contribution in [0.5, 0.6) is 0 Å². The summed E-state index contributed by atoms with van der Waals surface area (Å²) in [5.74, 6) is -0.125. The van der Waals surface area contributed by atoms with Crippen LogP contribution in [0.3, 0.4) is 0 Å². The van der Waals surface area contributed by atoms with Crippen molar-refractivity contribution in [3.05, 3.63) is 72.1 Å². The van der Waals surface area contributed by atoms with Gasteiger partial charge in [-0.3, -0.25) is 9.78 Å². The highest BCUT2D eigenvalue weighted by Crippen LogP contribution is 2.37. The Bertz CT molecular complexity index is 1090. The Morgan fingerprint density at radius 2 is 2.00 bits per heavy atom. The fraction of sp³-hybridized carbons (Fsp3) is 0.440. The van der Waals surface area contributed by atoms with Gasteiger partial charge in [0, 0.05) is 50.8 Å². The summed E-state index contributed by atoms with van der Waals surface area (Å²) in [7, 11) is 0. The highest BCUT2D eigenvalue weighted by atomic mass is 19.1. The number of ether oxygens (including phenoxy) is 2. The largest absolute Gasteiger partial charge is 0.381 e. The number of hydrogen-bond donors (Lipinski definition) is 0. The molecule has 1 atom stereocenters. The molecular weight excluding hydrogens is 409 g/mol. The average Bonchev–Trinajstić information content (AvgIpc) is 3.19. The molecule has 168 valence electrons. The summed E-state index contributed by atoms with van der Waals surface area (Å²) in [5.41, 5.74) is 2.07. The van der Waals surface area contributed by atoms with Gasteiger partial charge in [0.25, 0.3) is 0 Å². The maximum atomic E-state index is 14.1. The Kier molecular flexibility index (Phi) is 5.93. The van der Waals surface area contributed by atoms with Gasteiger partial charge in [0.15, 0.2) is 0 Å². The van der Waals surface area contributed by atoms with E-state index in [1.807, 2.05) is 35.6 Å². The molecule has 0 spiro atoms. The van der Waals surface area contributed by atoms with E-state index in [0.717, 1.165) is 23.2 Å². The number of aromatic nitrogens is 2. The van der Waals surface area contributed by atoms with Gasteiger partial charge in [-0.25, -0.2) is 4.39 Å². The van der Waals surface area contributed by atoms with E-state index in [1.54, 1.807) is 6.07 Å². The monoisotopic (exact) mass is 437 g/mol. The van der Waals surface area contributed by atoms with Crippen molar-refractivity contribution in [3.63, 3.8) is 0 Å². The molecule has 2 aliphatic heterocycles. The van der Waals surface area contributed by atoms with Crippen molar-refractivity contribution in [2.24, 2.45) is 5.92 Å². The molecule has 1 aromatic carbocycles. The van der Waals surface area contributed by atoms with Crippen LogP contribution in [-0.4, -0.2) is 59.7 Å². The van der Waals surface area contributed by atoms with Gasteiger partial charge in [0.2, 0.25) is 5.91 Å². The predicted octanol–water partition coefficient (Wildman–Crippen LogP) is 3.24. The zero-order valence-corrected chi connectivity index (χ0v) is 18.1. The van der Waals surface area contributed by atoms with E-state index in [2.05, 4.69) is 15.5 Å². The van der Waals surface area contributed by atoms with Gasteiger partial charge in [-0.05, 0) is 49.1 Å². The van der Waals surface area contributed by atoms with Crippen LogP contribution in [0.2, 0.25) is 0 Å². The van der Waals surface area contributed by atoms with Crippen LogP contribution in [0, 0.1) is 11.7 Å². The van der Waals surface area contributed by atoms with E-state index in [1.165, 1.54) is 12.1 Å². The lowest BCUT2D eigenvalue weighted by atomic mass is 9.72. The first-order chi connectivity index (χ1) is 15.7. The smallest absolute Gasteiger partial charge is 0.233 e. The van der Waals surface area contributed by atoms with E-state index in [9.17, 15) is 9.18 Å². The predicted molar refractivity (Wildman–Crippen MR) is 118 cm³/mol. The molecule has 0 radical (unpaired) electrons. The molecule has 1 amide bonds. The topological polar surface area (TPSA) is 56.1 Å². The van der Waals surface area contributed by atoms with Crippen molar-refractivity contribution in [2.75, 3.05) is 39.5 Å². The molecule has 7 heteroatoms. The lowest BCUT2D eigenvalue weighted by Crippen LogP contribution is -2.51. The number of carbonyl (C=O) groups excluding carboxylic acids is 1. The van der Waals surface area contributed by atoms with Crippen molar-refractivity contribution in [3.8, 4) is 0 Å². The van der Waals surface area contributed by atoms with Gasteiger partial charge in [-0.15, -0.1) is 0 Å². The minimum Gasteiger partial charge on any atom is -0.381 e. The van der Waals surface area contributed by atoms with E-state index >= 15 is 0 Å². The minimum absolute atomic E-state index is 0.0516. The molecule has 5 rings (SSSR count). The van der Waals surface area contributed by atoms with E-state index in [0.29, 0.717) is 52.4 Å². The van der Waals surface area contributed by atoms with Gasteiger partial charge in [0.05, 0.1) is 29.8 Å². The molecule has 2 aromatic heterocycles. The Morgan fingerprint density at radius 1 is 1.12 bits per heavy atom. The van der Waals surface area contributed by atoms with Crippen molar-refractivity contribution in [1.82, 2.24) is 14.3 Å². The Morgan fingerprint density at radius 3 is 2.84 bits per heavy atom. The average molecular weight is 438 g/mol. The van der Waals surface area contributed by atoms with Crippen molar-refractivity contribution < 1.29 is 18.7 Å². The first-order valence-corrected chi connectivity index (χ1v) is 11.3. The molecule has 3 aromatic rings. The Labute approximate surface area is 187 Å². The quantitative estimate of drug-likeness (QED) is 0.629. The second-order valence-electron chi connectivity index (χ2n) is 8.78. The standard InChI is InChI=1S/C25H28FN3O3/c26-21-4-1-3-20(16-21)25(6-12-31-13-7-25)24(30)29-11-14-32-18-19(17-29)15-22-23-5-2-9-28(23)10-8-27-22/h1-5,8-10,16,19H,6-7,11-15,17-18H2/t19-/m0/s1. The summed E-state index contributed by atoms with van der Waals surface area (Å²) in [6, 6.07) is 10.6. The molecule has 6 nitrogen and oxygen atoms in total. The number of nitrogens with zero attached hydrogens (tertiary/aromatic N) is 3. The van der Waals surface area contributed by atoms with Gasteiger partial charge in [-0.1, -0.05) is 12.1 Å². The van der Waals surface area contributed by atoms with E-state index < -0.39 is 5.41 Å². The summed E-state index contributed by atoms with van der Waals surface area (Å²) in [4.78, 5) is 20.5. The highest BCUT2D eigenvalue weighted by molar-refractivity contribution is 5.88. The van der Waals surface area contributed by atoms with Gasteiger partial charge < -0.3 is 18.8 Å². The summed E-state index contributed by atoms with van der Waals surface area (Å²) >= 11 is 0. The molecule has 2 aliphatic rings. The first kappa shape index (κ1) is 21.1. The number of hydrogen-bond acceptors (Lipinski definition) is 4. The second kappa shape index (κ2) is 9.00. The number of halogens is 1. The molecule has 0 saturated carbocycles. The van der Waals surface area contributed by atoms with E-state index in [4.69, 9.17) is 9.47 Å². The second-order valence-corrected chi connectivity index (χ2v) is 8.78. The lowest BCUT2D eigenvalue weighted by molar-refractivity contribution is -0.141. The number of fused-ring (bicyclic) bond motifs is 1.